The van der Waals surface area contributed by atoms with E-state index in [0.29, 0.717) is 6.54 Å². The van der Waals surface area contributed by atoms with Gasteiger partial charge in [-0.3, -0.25) is 0 Å². The quantitative estimate of drug-likeness (QED) is 0.903. The van der Waals surface area contributed by atoms with E-state index < -0.39 is 11.7 Å². The van der Waals surface area contributed by atoms with Crippen LogP contribution in [0.1, 0.15) is 11.1 Å². The monoisotopic (exact) mass is 281 g/mol. The van der Waals surface area contributed by atoms with Crippen molar-refractivity contribution in [3.63, 3.8) is 0 Å². The van der Waals surface area contributed by atoms with Crippen LogP contribution >= 0.6 is 0 Å². The molecule has 6 heteroatoms. The number of nitrogen functional groups attached to an aromatic ring is 1. The zero-order valence-electron chi connectivity index (χ0n) is 10.6. The fourth-order valence-electron chi connectivity index (χ4n) is 1.75. The van der Waals surface area contributed by atoms with E-state index in [1.165, 1.54) is 0 Å². The first-order valence-electron chi connectivity index (χ1n) is 6.07. The van der Waals surface area contributed by atoms with Crippen LogP contribution in [0.4, 0.5) is 24.7 Å². The maximum Gasteiger partial charge on any atom is 0.417 e. The predicted octanol–water partition coefficient (Wildman–Crippen LogP) is 3.34. The summed E-state index contributed by atoms with van der Waals surface area (Å²) in [5.74, 6) is 0.272. The third-order valence-electron chi connectivity index (χ3n) is 2.79. The molecule has 3 N–H and O–H groups in total. The highest BCUT2D eigenvalue weighted by Crippen LogP contribution is 2.31. The molecule has 0 unspecified atom stereocenters. The van der Waals surface area contributed by atoms with Crippen LogP contribution < -0.4 is 11.1 Å². The normalized spacial score (nSPS) is 11.3. The lowest BCUT2D eigenvalue weighted by Crippen LogP contribution is -2.11. The molecule has 2 aromatic rings. The van der Waals surface area contributed by atoms with E-state index in [-0.39, 0.29) is 11.5 Å². The summed E-state index contributed by atoms with van der Waals surface area (Å²) < 4.78 is 37.4. The molecule has 0 saturated carbocycles. The number of benzene rings is 1. The van der Waals surface area contributed by atoms with Gasteiger partial charge in [0.25, 0.3) is 0 Å². The van der Waals surface area contributed by atoms with Crippen molar-refractivity contribution in [3.05, 3.63) is 53.7 Å². The number of hydrogen-bond acceptors (Lipinski definition) is 3. The Labute approximate surface area is 114 Å². The average Bonchev–Trinajstić information content (AvgIpc) is 2.40. The maximum absolute atomic E-state index is 12.5. The molecule has 0 aliphatic rings. The summed E-state index contributed by atoms with van der Waals surface area (Å²) >= 11 is 0. The van der Waals surface area contributed by atoms with Gasteiger partial charge in [0.15, 0.2) is 0 Å². The Hall–Kier alpha value is -2.24. The number of pyridine rings is 1. The van der Waals surface area contributed by atoms with Gasteiger partial charge in [0.2, 0.25) is 0 Å². The topological polar surface area (TPSA) is 50.9 Å². The van der Waals surface area contributed by atoms with Gasteiger partial charge in [0.05, 0.1) is 11.3 Å². The largest absolute Gasteiger partial charge is 0.417 e. The Bertz CT molecular complexity index is 568. The van der Waals surface area contributed by atoms with Gasteiger partial charge in [-0.05, 0) is 18.1 Å². The van der Waals surface area contributed by atoms with E-state index in [2.05, 4.69) is 10.3 Å². The van der Waals surface area contributed by atoms with Crippen molar-refractivity contribution in [3.8, 4) is 0 Å². The summed E-state index contributed by atoms with van der Waals surface area (Å²) in [6.07, 6.45) is -2.91. The molecule has 0 amide bonds. The Morgan fingerprint density at radius 3 is 2.45 bits per heavy atom. The summed E-state index contributed by atoms with van der Waals surface area (Å²) in [4.78, 5) is 3.72. The summed E-state index contributed by atoms with van der Waals surface area (Å²) in [6, 6.07) is 10.6. The molecule has 0 atom stereocenters. The van der Waals surface area contributed by atoms with Gasteiger partial charge in [-0.1, -0.05) is 30.3 Å². The first-order valence-corrected chi connectivity index (χ1v) is 6.07. The highest BCUT2D eigenvalue weighted by Gasteiger charge is 2.31. The minimum atomic E-state index is -4.43. The standard InChI is InChI=1S/C14H14F3N3/c15-14(16,17)11-8-12(18)13(20-9-11)19-7-6-10-4-2-1-3-5-10/h1-5,8-9H,6-7,18H2,(H,19,20). The van der Waals surface area contributed by atoms with Gasteiger partial charge in [-0.2, -0.15) is 13.2 Å². The van der Waals surface area contributed by atoms with Crippen LogP contribution in [0.2, 0.25) is 0 Å². The maximum atomic E-state index is 12.5. The second-order valence-corrected chi connectivity index (χ2v) is 4.32. The van der Waals surface area contributed by atoms with Crippen molar-refractivity contribution in [1.29, 1.82) is 0 Å². The van der Waals surface area contributed by atoms with Crippen molar-refractivity contribution in [2.75, 3.05) is 17.6 Å². The number of hydrogen-bond donors (Lipinski definition) is 2. The molecule has 2 rings (SSSR count). The van der Waals surface area contributed by atoms with Gasteiger partial charge in [0, 0.05) is 12.7 Å². The number of nitrogens with one attached hydrogen (secondary N) is 1. The number of halogens is 3. The number of alkyl halides is 3. The van der Waals surface area contributed by atoms with Crippen LogP contribution in [-0.2, 0) is 12.6 Å². The molecule has 3 nitrogen and oxygen atoms in total. The van der Waals surface area contributed by atoms with Crippen LogP contribution in [0.25, 0.3) is 0 Å². The molecule has 20 heavy (non-hydrogen) atoms. The number of nitrogens with zero attached hydrogens (tertiary/aromatic N) is 1. The van der Waals surface area contributed by atoms with Crippen molar-refractivity contribution < 1.29 is 13.2 Å². The van der Waals surface area contributed by atoms with Gasteiger partial charge in [0.1, 0.15) is 5.82 Å². The third kappa shape index (κ3) is 3.63. The lowest BCUT2D eigenvalue weighted by molar-refractivity contribution is -0.137. The Balaban J connectivity index is 1.97. The summed E-state index contributed by atoms with van der Waals surface area (Å²) in [6.45, 7) is 0.548. The van der Waals surface area contributed by atoms with E-state index in [1.54, 1.807) is 0 Å². The van der Waals surface area contributed by atoms with Gasteiger partial charge in [-0.15, -0.1) is 0 Å². The lowest BCUT2D eigenvalue weighted by Gasteiger charge is -2.11. The van der Waals surface area contributed by atoms with E-state index >= 15 is 0 Å². The molecule has 0 bridgehead atoms. The molecule has 106 valence electrons. The molecule has 1 heterocycles. The predicted molar refractivity (Wildman–Crippen MR) is 72.3 cm³/mol. The first kappa shape index (κ1) is 14.2. The second kappa shape index (κ2) is 5.81. The van der Waals surface area contributed by atoms with Crippen LogP contribution in [0.3, 0.4) is 0 Å². The van der Waals surface area contributed by atoms with Gasteiger partial charge >= 0.3 is 6.18 Å². The van der Waals surface area contributed by atoms with Crippen molar-refractivity contribution in [2.24, 2.45) is 0 Å². The minimum absolute atomic E-state index is 0.00659. The van der Waals surface area contributed by atoms with Crippen molar-refractivity contribution in [1.82, 2.24) is 4.98 Å². The molecule has 0 aliphatic heterocycles. The first-order chi connectivity index (χ1) is 9.47. The lowest BCUT2D eigenvalue weighted by atomic mass is 10.1. The Morgan fingerprint density at radius 2 is 1.85 bits per heavy atom. The van der Waals surface area contributed by atoms with Crippen molar-refractivity contribution in [2.45, 2.75) is 12.6 Å². The van der Waals surface area contributed by atoms with Crippen LogP contribution in [0, 0.1) is 0 Å². The van der Waals surface area contributed by atoms with Crippen LogP contribution in [0.5, 0.6) is 0 Å². The number of anilines is 2. The number of nitrogens with two attached hydrogens (primary N) is 1. The molecule has 0 saturated heterocycles. The molecule has 1 aromatic heterocycles. The second-order valence-electron chi connectivity index (χ2n) is 4.32. The summed E-state index contributed by atoms with van der Waals surface area (Å²) in [5, 5.41) is 2.94. The van der Waals surface area contributed by atoms with Crippen LogP contribution in [0.15, 0.2) is 42.6 Å². The average molecular weight is 281 g/mol. The molecular weight excluding hydrogens is 267 g/mol. The Kier molecular flexibility index (Phi) is 4.12. The van der Waals surface area contributed by atoms with E-state index in [9.17, 15) is 13.2 Å². The van der Waals surface area contributed by atoms with Crippen molar-refractivity contribution >= 4 is 11.5 Å². The van der Waals surface area contributed by atoms with Gasteiger partial charge in [-0.25, -0.2) is 4.98 Å². The molecule has 1 aromatic carbocycles. The highest BCUT2D eigenvalue weighted by molar-refractivity contribution is 5.62. The fraction of sp³-hybridized carbons (Fsp3) is 0.214. The zero-order valence-corrected chi connectivity index (χ0v) is 10.6. The fourth-order valence-corrected chi connectivity index (χ4v) is 1.75. The van der Waals surface area contributed by atoms with E-state index in [0.717, 1.165) is 24.2 Å². The van der Waals surface area contributed by atoms with E-state index in [4.69, 9.17) is 5.73 Å². The Morgan fingerprint density at radius 1 is 1.15 bits per heavy atom. The third-order valence-corrected chi connectivity index (χ3v) is 2.79. The molecule has 0 aliphatic carbocycles. The summed E-state index contributed by atoms with van der Waals surface area (Å²) in [7, 11) is 0. The molecule has 0 spiro atoms. The SMILES string of the molecule is Nc1cc(C(F)(F)F)cnc1NCCc1ccccc1. The van der Waals surface area contributed by atoms with Gasteiger partial charge < -0.3 is 11.1 Å². The number of aromatic nitrogens is 1. The zero-order chi connectivity index (χ0) is 14.6. The minimum Gasteiger partial charge on any atom is -0.396 e. The molecule has 0 radical (unpaired) electrons. The number of rotatable bonds is 4. The summed E-state index contributed by atoms with van der Waals surface area (Å²) in [5.41, 5.74) is 5.85. The van der Waals surface area contributed by atoms with E-state index in [1.807, 2.05) is 30.3 Å². The smallest absolute Gasteiger partial charge is 0.396 e. The molecule has 0 fully saturated rings. The highest BCUT2D eigenvalue weighted by atomic mass is 19.4. The van der Waals surface area contributed by atoms with Crippen LogP contribution in [-0.4, -0.2) is 11.5 Å². The molecular formula is C14H14F3N3.